The van der Waals surface area contributed by atoms with Gasteiger partial charge in [-0.15, -0.1) is 11.3 Å². The molecule has 0 unspecified atom stereocenters. The summed E-state index contributed by atoms with van der Waals surface area (Å²) in [7, 11) is 0. The number of carbonyl (C=O) groups excluding carboxylic acids is 1. The minimum absolute atomic E-state index is 0.291. The molecular weight excluding hydrogens is 244 g/mol. The van der Waals surface area contributed by atoms with E-state index in [2.05, 4.69) is 23.7 Å². The Hall–Kier alpha value is -0.740. The summed E-state index contributed by atoms with van der Waals surface area (Å²) in [6.45, 7) is 6.23. The molecule has 3 nitrogen and oxygen atoms in total. The van der Waals surface area contributed by atoms with Crippen LogP contribution in [0.25, 0.3) is 0 Å². The molecule has 1 saturated heterocycles. The van der Waals surface area contributed by atoms with Crippen LogP contribution in [0.15, 0.2) is 11.6 Å². The van der Waals surface area contributed by atoms with E-state index in [4.69, 9.17) is 0 Å². The summed E-state index contributed by atoms with van der Waals surface area (Å²) in [5.41, 5.74) is -0.351. The monoisotopic (exact) mass is 266 g/mol. The third-order valence-corrected chi connectivity index (χ3v) is 4.65. The summed E-state index contributed by atoms with van der Waals surface area (Å²) >= 11 is 1.57. The van der Waals surface area contributed by atoms with Gasteiger partial charge in [-0.2, -0.15) is 0 Å². The third-order valence-electron chi connectivity index (χ3n) is 3.87. The van der Waals surface area contributed by atoms with Gasteiger partial charge in [0, 0.05) is 11.6 Å². The number of nitrogens with zero attached hydrogens (tertiary/aromatic N) is 2. The summed E-state index contributed by atoms with van der Waals surface area (Å²) < 4.78 is 0. The molecule has 0 atom stereocenters. The number of ketones is 1. The van der Waals surface area contributed by atoms with Crippen LogP contribution < -0.4 is 0 Å². The van der Waals surface area contributed by atoms with Crippen LogP contribution in [0.4, 0.5) is 0 Å². The van der Waals surface area contributed by atoms with Crippen molar-refractivity contribution >= 4 is 17.1 Å². The van der Waals surface area contributed by atoms with Crippen LogP contribution in [0.5, 0.6) is 0 Å². The van der Waals surface area contributed by atoms with Gasteiger partial charge >= 0.3 is 0 Å². The van der Waals surface area contributed by atoms with Gasteiger partial charge in [0.15, 0.2) is 5.78 Å². The van der Waals surface area contributed by atoms with E-state index in [0.717, 1.165) is 18.1 Å². The van der Waals surface area contributed by atoms with Crippen LogP contribution in [0.2, 0.25) is 0 Å². The first-order chi connectivity index (χ1) is 8.60. The van der Waals surface area contributed by atoms with E-state index in [1.165, 1.54) is 25.7 Å². The highest BCUT2D eigenvalue weighted by Gasteiger charge is 2.34. The first-order valence-corrected chi connectivity index (χ1v) is 7.65. The first kappa shape index (κ1) is 13.7. The Kier molecular flexibility index (Phi) is 4.51. The maximum Gasteiger partial charge on any atom is 0.159 e. The van der Waals surface area contributed by atoms with Crippen molar-refractivity contribution in [2.45, 2.75) is 51.5 Å². The molecule has 0 bridgehead atoms. The second-order valence-corrected chi connectivity index (χ2v) is 6.47. The van der Waals surface area contributed by atoms with Gasteiger partial charge in [0.2, 0.25) is 0 Å². The topological polar surface area (TPSA) is 33.2 Å². The molecule has 2 heterocycles. The molecule has 4 heteroatoms. The summed E-state index contributed by atoms with van der Waals surface area (Å²) in [4.78, 5) is 19.0. The molecule has 1 aliphatic heterocycles. The average molecular weight is 266 g/mol. The number of thiazole rings is 1. The van der Waals surface area contributed by atoms with Crippen molar-refractivity contribution in [2.24, 2.45) is 0 Å². The minimum Gasteiger partial charge on any atom is -0.297 e. The van der Waals surface area contributed by atoms with E-state index in [1.54, 1.807) is 17.5 Å². The molecule has 18 heavy (non-hydrogen) atoms. The van der Waals surface area contributed by atoms with Gasteiger partial charge < -0.3 is 0 Å². The zero-order chi connectivity index (χ0) is 13.0. The fraction of sp³-hybridized carbons (Fsp3) is 0.714. The zero-order valence-electron chi connectivity index (χ0n) is 11.3. The van der Waals surface area contributed by atoms with Crippen LogP contribution in [-0.4, -0.2) is 34.3 Å². The SMILES string of the molecule is CC(C)(C(=O)Cc1nccs1)N1CCCCCC1. The van der Waals surface area contributed by atoms with Crippen molar-refractivity contribution in [3.63, 3.8) is 0 Å². The van der Waals surface area contributed by atoms with Gasteiger partial charge in [-0.1, -0.05) is 12.8 Å². The molecule has 0 aromatic carbocycles. The van der Waals surface area contributed by atoms with E-state index in [1.807, 2.05) is 5.38 Å². The molecule has 0 aliphatic carbocycles. The van der Waals surface area contributed by atoms with Crippen molar-refractivity contribution in [2.75, 3.05) is 13.1 Å². The van der Waals surface area contributed by atoms with E-state index >= 15 is 0 Å². The summed E-state index contributed by atoms with van der Waals surface area (Å²) in [5.74, 6) is 0.291. The second kappa shape index (κ2) is 5.93. The standard InChI is InChI=1S/C14H22N2OS/c1-14(2,16-8-5-3-4-6-9-16)12(17)11-13-15-7-10-18-13/h7,10H,3-6,8-9,11H2,1-2H3. The highest BCUT2D eigenvalue weighted by Crippen LogP contribution is 2.23. The lowest BCUT2D eigenvalue weighted by Crippen LogP contribution is -2.51. The van der Waals surface area contributed by atoms with Crippen molar-refractivity contribution in [3.8, 4) is 0 Å². The predicted molar refractivity (Wildman–Crippen MR) is 74.9 cm³/mol. The lowest BCUT2D eigenvalue weighted by molar-refractivity contribution is -0.128. The number of hydrogen-bond acceptors (Lipinski definition) is 4. The average Bonchev–Trinajstić information content (AvgIpc) is 2.68. The molecule has 2 rings (SSSR count). The fourth-order valence-electron chi connectivity index (χ4n) is 2.50. The normalized spacial score (nSPS) is 18.6. The molecule has 1 aliphatic rings. The fourth-order valence-corrected chi connectivity index (χ4v) is 3.11. The van der Waals surface area contributed by atoms with Gasteiger partial charge in [0.1, 0.15) is 0 Å². The van der Waals surface area contributed by atoms with Crippen LogP contribution in [0.1, 0.15) is 44.5 Å². The molecule has 1 aromatic heterocycles. The maximum absolute atomic E-state index is 12.5. The molecular formula is C14H22N2OS. The second-order valence-electron chi connectivity index (χ2n) is 5.49. The van der Waals surface area contributed by atoms with E-state index in [-0.39, 0.29) is 5.54 Å². The number of rotatable bonds is 4. The summed E-state index contributed by atoms with van der Waals surface area (Å²) in [6, 6.07) is 0. The van der Waals surface area contributed by atoms with Crippen LogP contribution >= 0.6 is 11.3 Å². The smallest absolute Gasteiger partial charge is 0.159 e. The number of hydrogen-bond donors (Lipinski definition) is 0. The lowest BCUT2D eigenvalue weighted by atomic mass is 9.94. The van der Waals surface area contributed by atoms with Crippen LogP contribution in [0.3, 0.4) is 0 Å². The molecule has 1 aromatic rings. The number of Topliss-reactive ketones (excluding diaryl/α,β-unsaturated/α-hetero) is 1. The number of likely N-dealkylation sites (tertiary alicyclic amines) is 1. The molecule has 0 radical (unpaired) electrons. The quantitative estimate of drug-likeness (QED) is 0.840. The Bertz CT molecular complexity index is 379. The number of carbonyl (C=O) groups is 1. The molecule has 0 amide bonds. The van der Waals surface area contributed by atoms with Crippen molar-refractivity contribution < 1.29 is 4.79 Å². The predicted octanol–water partition coefficient (Wildman–Crippen LogP) is 2.91. The molecule has 0 spiro atoms. The Balaban J connectivity index is 2.01. The lowest BCUT2D eigenvalue weighted by Gasteiger charge is -2.36. The van der Waals surface area contributed by atoms with E-state index < -0.39 is 0 Å². The van der Waals surface area contributed by atoms with Crippen LogP contribution in [-0.2, 0) is 11.2 Å². The van der Waals surface area contributed by atoms with E-state index in [9.17, 15) is 4.79 Å². The number of aromatic nitrogens is 1. The van der Waals surface area contributed by atoms with Gasteiger partial charge in [-0.05, 0) is 39.8 Å². The maximum atomic E-state index is 12.5. The van der Waals surface area contributed by atoms with E-state index in [0.29, 0.717) is 12.2 Å². The first-order valence-electron chi connectivity index (χ1n) is 6.77. The largest absolute Gasteiger partial charge is 0.297 e. The van der Waals surface area contributed by atoms with Gasteiger partial charge in [-0.25, -0.2) is 4.98 Å². The minimum atomic E-state index is -0.351. The Morgan fingerprint density at radius 1 is 1.33 bits per heavy atom. The Morgan fingerprint density at radius 2 is 2.00 bits per heavy atom. The highest BCUT2D eigenvalue weighted by molar-refractivity contribution is 7.09. The third kappa shape index (κ3) is 3.18. The highest BCUT2D eigenvalue weighted by atomic mass is 32.1. The van der Waals surface area contributed by atoms with Gasteiger partial charge in [-0.3, -0.25) is 9.69 Å². The van der Waals surface area contributed by atoms with Gasteiger partial charge in [0.05, 0.1) is 17.0 Å². The van der Waals surface area contributed by atoms with Crippen molar-refractivity contribution in [1.29, 1.82) is 0 Å². The van der Waals surface area contributed by atoms with Crippen molar-refractivity contribution in [3.05, 3.63) is 16.6 Å². The molecule has 1 fully saturated rings. The summed E-state index contributed by atoms with van der Waals surface area (Å²) in [5, 5.41) is 2.87. The Morgan fingerprint density at radius 3 is 2.56 bits per heavy atom. The summed E-state index contributed by atoms with van der Waals surface area (Å²) in [6.07, 6.45) is 7.27. The van der Waals surface area contributed by atoms with Gasteiger partial charge in [0.25, 0.3) is 0 Å². The van der Waals surface area contributed by atoms with Crippen molar-refractivity contribution in [1.82, 2.24) is 9.88 Å². The van der Waals surface area contributed by atoms with Crippen LogP contribution in [0, 0.1) is 0 Å². The Labute approximate surface area is 113 Å². The molecule has 0 N–H and O–H groups in total. The molecule has 0 saturated carbocycles. The molecule has 100 valence electrons. The zero-order valence-corrected chi connectivity index (χ0v) is 12.1.